The largest absolute Gasteiger partial charge is 0.465 e. The lowest BCUT2D eigenvalue weighted by Gasteiger charge is -2.34. The summed E-state index contributed by atoms with van der Waals surface area (Å²) in [5.41, 5.74) is 2.86. The Hall–Kier alpha value is -4.26. The molecule has 0 unspecified atom stereocenters. The van der Waals surface area contributed by atoms with Gasteiger partial charge in [-0.1, -0.05) is 38.1 Å². The minimum atomic E-state index is -1.12. The number of para-hydroxylation sites is 2. The van der Waals surface area contributed by atoms with Crippen molar-refractivity contribution in [1.82, 2.24) is 10.3 Å². The maximum Gasteiger partial charge on any atom is 0.412 e. The number of hydrogen-bond acceptors (Lipinski definition) is 6. The molecule has 1 heterocycles. The summed E-state index contributed by atoms with van der Waals surface area (Å²) in [6.45, 7) is 11.2. The number of anilines is 2. The quantitative estimate of drug-likeness (QED) is 0.289. The number of hydrogen-bond donors (Lipinski definition) is 3. The summed E-state index contributed by atoms with van der Waals surface area (Å²) in [7, 11) is 0. The first-order chi connectivity index (χ1) is 18.5. The summed E-state index contributed by atoms with van der Waals surface area (Å²) in [4.78, 5) is 30.7. The number of nitrogens with one attached hydrogen (secondary N) is 2. The number of pyridine rings is 1. The third-order valence-electron chi connectivity index (χ3n) is 5.81. The molecule has 0 saturated heterocycles. The Bertz CT molecular complexity index is 1340. The molecule has 3 aromatic rings. The van der Waals surface area contributed by atoms with Crippen LogP contribution in [-0.2, 0) is 11.3 Å². The smallest absolute Gasteiger partial charge is 0.412 e. The number of nitriles is 1. The van der Waals surface area contributed by atoms with Crippen molar-refractivity contribution in [2.24, 2.45) is 0 Å². The van der Waals surface area contributed by atoms with Crippen LogP contribution in [0.3, 0.4) is 0 Å². The molecule has 3 rings (SSSR count). The van der Waals surface area contributed by atoms with Crippen LogP contribution in [0.25, 0.3) is 11.3 Å². The van der Waals surface area contributed by atoms with Crippen LogP contribution in [0.5, 0.6) is 0 Å². The highest BCUT2D eigenvalue weighted by Crippen LogP contribution is 2.32. The van der Waals surface area contributed by atoms with Gasteiger partial charge in [0, 0.05) is 35.4 Å². The van der Waals surface area contributed by atoms with Gasteiger partial charge >= 0.3 is 6.09 Å². The number of ether oxygens (including phenoxy) is 1. The Kier molecular flexibility index (Phi) is 9.77. The van der Waals surface area contributed by atoms with Crippen LogP contribution >= 0.6 is 0 Å². The van der Waals surface area contributed by atoms with E-state index >= 15 is 0 Å². The molecule has 9 nitrogen and oxygen atoms in total. The highest BCUT2D eigenvalue weighted by atomic mass is 16.5. The van der Waals surface area contributed by atoms with Crippen LogP contribution in [0.1, 0.15) is 56.1 Å². The lowest BCUT2D eigenvalue weighted by Crippen LogP contribution is -2.45. The summed E-state index contributed by atoms with van der Waals surface area (Å²) in [6.07, 6.45) is 0.572. The van der Waals surface area contributed by atoms with E-state index in [0.29, 0.717) is 53.0 Å². The molecule has 0 saturated carbocycles. The number of carbonyl (C=O) groups is 2. The van der Waals surface area contributed by atoms with Gasteiger partial charge in [0.1, 0.15) is 6.07 Å². The Labute approximate surface area is 229 Å². The third-order valence-corrected chi connectivity index (χ3v) is 5.81. The second-order valence-corrected chi connectivity index (χ2v) is 10.4. The summed E-state index contributed by atoms with van der Waals surface area (Å²) >= 11 is 0. The predicted molar refractivity (Wildman–Crippen MR) is 152 cm³/mol. The van der Waals surface area contributed by atoms with E-state index in [1.165, 1.54) is 4.90 Å². The minimum Gasteiger partial charge on any atom is -0.465 e. The van der Waals surface area contributed by atoms with E-state index in [1.54, 1.807) is 81.6 Å². The molecule has 2 aromatic carbocycles. The molecule has 2 amide bonds. The fraction of sp³-hybridized carbons (Fsp3) is 0.333. The molecule has 1 aromatic heterocycles. The van der Waals surface area contributed by atoms with Crippen molar-refractivity contribution in [3.05, 3.63) is 77.5 Å². The van der Waals surface area contributed by atoms with E-state index in [0.717, 1.165) is 12.1 Å². The van der Waals surface area contributed by atoms with Crippen LogP contribution in [0, 0.1) is 11.3 Å². The number of aromatic nitrogens is 1. The molecule has 39 heavy (non-hydrogen) atoms. The highest BCUT2D eigenvalue weighted by molar-refractivity contribution is 6.07. The average molecular weight is 530 g/mol. The van der Waals surface area contributed by atoms with Crippen LogP contribution in [0.4, 0.5) is 16.2 Å². The molecule has 0 aliphatic heterocycles. The zero-order valence-electron chi connectivity index (χ0n) is 23.0. The van der Waals surface area contributed by atoms with Gasteiger partial charge < -0.3 is 20.5 Å². The van der Waals surface area contributed by atoms with Gasteiger partial charge in [-0.2, -0.15) is 5.26 Å². The van der Waals surface area contributed by atoms with Crippen molar-refractivity contribution in [2.45, 2.75) is 52.8 Å². The number of nitrogens with zero attached hydrogens (tertiary/aromatic N) is 3. The second kappa shape index (κ2) is 13.0. The number of carboxylic acid groups (broad SMARTS) is 1. The molecular weight excluding hydrogens is 494 g/mol. The number of carbonyl (C=O) groups excluding carboxylic acids is 1. The van der Waals surface area contributed by atoms with Crippen LogP contribution in [-0.4, -0.2) is 46.8 Å². The number of benzene rings is 2. The molecule has 0 spiro atoms. The van der Waals surface area contributed by atoms with Crippen molar-refractivity contribution in [2.75, 3.05) is 23.4 Å². The lowest BCUT2D eigenvalue weighted by atomic mass is 10.0. The van der Waals surface area contributed by atoms with Crippen LogP contribution in [0.2, 0.25) is 0 Å². The Morgan fingerprint density at radius 2 is 1.82 bits per heavy atom. The maximum atomic E-state index is 13.0. The van der Waals surface area contributed by atoms with Gasteiger partial charge in [-0.25, -0.2) is 4.79 Å². The summed E-state index contributed by atoms with van der Waals surface area (Å²) in [5.74, 6) is -0.388. The van der Waals surface area contributed by atoms with E-state index < -0.39 is 11.6 Å². The van der Waals surface area contributed by atoms with Gasteiger partial charge in [-0.15, -0.1) is 0 Å². The predicted octanol–water partition coefficient (Wildman–Crippen LogP) is 5.67. The Morgan fingerprint density at radius 1 is 1.13 bits per heavy atom. The Balaban J connectivity index is 1.74. The molecular formula is C30H35N5O4. The Morgan fingerprint density at radius 3 is 2.44 bits per heavy atom. The maximum absolute atomic E-state index is 13.0. The first-order valence-corrected chi connectivity index (χ1v) is 12.8. The van der Waals surface area contributed by atoms with E-state index in [4.69, 9.17) is 4.74 Å². The molecule has 0 radical (unpaired) electrons. The van der Waals surface area contributed by atoms with Crippen molar-refractivity contribution < 1.29 is 19.4 Å². The lowest BCUT2D eigenvalue weighted by molar-refractivity contribution is 0.102. The number of rotatable bonds is 10. The molecule has 3 N–H and O–H groups in total. The minimum absolute atomic E-state index is 0.358. The molecule has 0 bridgehead atoms. The monoisotopic (exact) mass is 529 g/mol. The fourth-order valence-electron chi connectivity index (χ4n) is 4.01. The molecule has 0 atom stereocenters. The zero-order chi connectivity index (χ0) is 28.6. The topological polar surface area (TPSA) is 128 Å². The first-order valence-electron chi connectivity index (χ1n) is 12.8. The average Bonchev–Trinajstić information content (AvgIpc) is 2.88. The van der Waals surface area contributed by atoms with Gasteiger partial charge in [-0.05, 0) is 56.7 Å². The molecule has 0 aliphatic rings. The van der Waals surface area contributed by atoms with Crippen LogP contribution in [0.15, 0.2) is 60.8 Å². The fourth-order valence-corrected chi connectivity index (χ4v) is 4.01. The summed E-state index contributed by atoms with van der Waals surface area (Å²) < 4.78 is 5.67. The van der Waals surface area contributed by atoms with E-state index in [2.05, 4.69) is 35.5 Å². The summed E-state index contributed by atoms with van der Waals surface area (Å²) in [5, 5.41) is 25.6. The molecule has 0 aliphatic carbocycles. The van der Waals surface area contributed by atoms with E-state index in [9.17, 15) is 20.0 Å². The standard InChI is InChI=1S/C30H35N5O4/c1-20(2)32-14-15-39-19-21-16-24(17-31)27(33-18-21)22-10-12-23(13-11-22)28(36)34-25-8-6-7-9-26(25)35(29(37)38)30(3,4)5/h6-13,16,18,20,32H,14-15,19H2,1-5H3,(H,34,36)(H,37,38). The molecule has 9 heteroatoms. The van der Waals surface area contributed by atoms with Crippen molar-refractivity contribution >= 4 is 23.4 Å². The van der Waals surface area contributed by atoms with Gasteiger partial charge in [0.2, 0.25) is 0 Å². The first kappa shape index (κ1) is 29.3. The van der Waals surface area contributed by atoms with E-state index in [-0.39, 0.29) is 5.91 Å². The van der Waals surface area contributed by atoms with Gasteiger partial charge in [0.25, 0.3) is 5.91 Å². The van der Waals surface area contributed by atoms with Crippen molar-refractivity contribution in [3.8, 4) is 17.3 Å². The number of amides is 2. The molecule has 0 fully saturated rings. The van der Waals surface area contributed by atoms with Gasteiger partial charge in [0.15, 0.2) is 0 Å². The van der Waals surface area contributed by atoms with E-state index in [1.807, 2.05) is 0 Å². The van der Waals surface area contributed by atoms with Crippen molar-refractivity contribution in [3.63, 3.8) is 0 Å². The normalized spacial score (nSPS) is 11.2. The SMILES string of the molecule is CC(C)NCCOCc1cnc(-c2ccc(C(=O)Nc3ccccc3N(C(=O)O)C(C)(C)C)cc2)c(C#N)c1. The third kappa shape index (κ3) is 7.87. The van der Waals surface area contributed by atoms with Gasteiger partial charge in [-0.3, -0.25) is 14.7 Å². The van der Waals surface area contributed by atoms with Crippen molar-refractivity contribution in [1.29, 1.82) is 5.26 Å². The highest BCUT2D eigenvalue weighted by Gasteiger charge is 2.30. The second-order valence-electron chi connectivity index (χ2n) is 10.4. The molecule has 204 valence electrons. The zero-order valence-corrected chi connectivity index (χ0v) is 23.0. The summed E-state index contributed by atoms with van der Waals surface area (Å²) in [6, 6.07) is 17.9. The van der Waals surface area contributed by atoms with Gasteiger partial charge in [0.05, 0.1) is 35.8 Å². The van der Waals surface area contributed by atoms with Crippen LogP contribution < -0.4 is 15.5 Å².